The molecule has 1 fully saturated rings. The van der Waals surface area contributed by atoms with Gasteiger partial charge in [-0.15, -0.1) is 0 Å². The van der Waals surface area contributed by atoms with Gasteiger partial charge in [-0.1, -0.05) is 41.6 Å². The molecule has 0 saturated carbocycles. The van der Waals surface area contributed by atoms with Gasteiger partial charge in [-0.2, -0.15) is 5.26 Å². The molecule has 0 aliphatic carbocycles. The lowest BCUT2D eigenvalue weighted by Crippen LogP contribution is -2.44. The van der Waals surface area contributed by atoms with Crippen LogP contribution in [0.5, 0.6) is 0 Å². The van der Waals surface area contributed by atoms with Crippen molar-refractivity contribution >= 4 is 41.1 Å². The van der Waals surface area contributed by atoms with E-state index in [1.807, 2.05) is 0 Å². The smallest absolute Gasteiger partial charge is 0.319 e. The minimum Gasteiger partial charge on any atom is -0.468 e. The van der Waals surface area contributed by atoms with E-state index in [0.717, 1.165) is 37.7 Å². The molecule has 152 valence electrons. The fourth-order valence-electron chi connectivity index (χ4n) is 3.57. The molecule has 29 heavy (non-hydrogen) atoms. The van der Waals surface area contributed by atoms with Crippen molar-refractivity contribution < 1.29 is 19.1 Å². The first-order valence-electron chi connectivity index (χ1n) is 9.16. The minimum absolute atomic E-state index is 0.0454. The highest BCUT2D eigenvalue weighted by atomic mass is 35.5. The second-order valence-electron chi connectivity index (χ2n) is 6.72. The van der Waals surface area contributed by atoms with E-state index in [-0.39, 0.29) is 22.3 Å². The van der Waals surface area contributed by atoms with Crippen LogP contribution in [-0.2, 0) is 19.1 Å². The molecule has 2 amide bonds. The molecule has 0 spiro atoms. The molecule has 0 bridgehead atoms. The van der Waals surface area contributed by atoms with Gasteiger partial charge in [-0.3, -0.25) is 14.4 Å². The number of esters is 1. The molecule has 1 aromatic carbocycles. The monoisotopic (exact) mass is 433 g/mol. The first kappa shape index (κ1) is 21.2. The van der Waals surface area contributed by atoms with Crippen molar-refractivity contribution in [2.24, 2.45) is 5.92 Å². The summed E-state index contributed by atoms with van der Waals surface area (Å²) in [7, 11) is 1.19. The van der Waals surface area contributed by atoms with Crippen molar-refractivity contribution in [2.45, 2.75) is 18.8 Å². The standard InChI is InChI=1S/C20H20ClN3O4S/c1-28-20(27)17-16(12-6-2-3-7-14(12)21)13(10-22)19(23-18(17)26)29-11-15(25)24-8-4-5-9-24/h2-3,6-7,16-17H,4-5,8-9,11H2,1H3,(H,23,26). The molecule has 1 N–H and O–H groups in total. The van der Waals surface area contributed by atoms with E-state index in [2.05, 4.69) is 11.4 Å². The first-order chi connectivity index (χ1) is 14.0. The third kappa shape index (κ3) is 4.41. The zero-order valence-corrected chi connectivity index (χ0v) is 17.4. The van der Waals surface area contributed by atoms with Crippen molar-refractivity contribution in [1.82, 2.24) is 10.2 Å². The Morgan fingerprint density at radius 3 is 2.66 bits per heavy atom. The van der Waals surface area contributed by atoms with E-state index >= 15 is 0 Å². The van der Waals surface area contributed by atoms with Crippen LogP contribution < -0.4 is 5.32 Å². The Balaban J connectivity index is 1.97. The summed E-state index contributed by atoms with van der Waals surface area (Å²) in [4.78, 5) is 39.3. The number of methoxy groups -OCH3 is 1. The molecule has 2 unspecified atom stereocenters. The molecule has 1 saturated heterocycles. The number of benzene rings is 1. The van der Waals surface area contributed by atoms with Crippen molar-refractivity contribution in [3.63, 3.8) is 0 Å². The predicted octanol–water partition coefficient (Wildman–Crippen LogP) is 2.43. The van der Waals surface area contributed by atoms with Crippen LogP contribution in [0.15, 0.2) is 34.9 Å². The number of rotatable bonds is 5. The minimum atomic E-state index is -1.24. The molecule has 9 heteroatoms. The summed E-state index contributed by atoms with van der Waals surface area (Å²) in [6.07, 6.45) is 1.96. The zero-order valence-electron chi connectivity index (χ0n) is 15.8. The molecule has 1 aromatic rings. The second-order valence-corrected chi connectivity index (χ2v) is 8.11. The summed E-state index contributed by atoms with van der Waals surface area (Å²) < 4.78 is 4.80. The third-order valence-electron chi connectivity index (χ3n) is 5.02. The van der Waals surface area contributed by atoms with Crippen LogP contribution >= 0.6 is 23.4 Å². The number of carbonyl (C=O) groups excluding carboxylic acids is 3. The highest BCUT2D eigenvalue weighted by molar-refractivity contribution is 8.03. The summed E-state index contributed by atoms with van der Waals surface area (Å²) in [6, 6.07) is 8.87. The topological polar surface area (TPSA) is 99.5 Å². The number of ether oxygens (including phenoxy) is 1. The number of allylic oxidation sites excluding steroid dienone is 1. The average Bonchev–Trinajstić information content (AvgIpc) is 3.26. The van der Waals surface area contributed by atoms with Gasteiger partial charge < -0.3 is 15.0 Å². The van der Waals surface area contributed by atoms with Gasteiger partial charge in [0.25, 0.3) is 0 Å². The highest BCUT2D eigenvalue weighted by Crippen LogP contribution is 2.42. The molecule has 7 nitrogen and oxygen atoms in total. The second kappa shape index (κ2) is 9.33. The number of halogens is 1. The van der Waals surface area contributed by atoms with Crippen molar-refractivity contribution in [1.29, 1.82) is 5.26 Å². The summed E-state index contributed by atoms with van der Waals surface area (Å²) >= 11 is 7.41. The normalized spacial score (nSPS) is 21.6. The summed E-state index contributed by atoms with van der Waals surface area (Å²) in [6.45, 7) is 1.45. The number of thioether (sulfide) groups is 1. The Bertz CT molecular complexity index is 905. The van der Waals surface area contributed by atoms with E-state index in [4.69, 9.17) is 16.3 Å². The van der Waals surface area contributed by atoms with E-state index < -0.39 is 23.7 Å². The van der Waals surface area contributed by atoms with Crippen molar-refractivity contribution in [3.05, 3.63) is 45.5 Å². The third-order valence-corrected chi connectivity index (χ3v) is 6.37. The SMILES string of the molecule is COC(=O)C1C(=O)NC(SCC(=O)N2CCCC2)=C(C#N)C1c1ccccc1Cl. The fraction of sp³-hybridized carbons (Fsp3) is 0.400. The van der Waals surface area contributed by atoms with Gasteiger partial charge >= 0.3 is 5.97 Å². The van der Waals surface area contributed by atoms with Gasteiger partial charge in [0.15, 0.2) is 0 Å². The molecular weight excluding hydrogens is 414 g/mol. The van der Waals surface area contributed by atoms with Gasteiger partial charge in [0.1, 0.15) is 5.92 Å². The van der Waals surface area contributed by atoms with Gasteiger partial charge in [0.05, 0.1) is 29.5 Å². The fourth-order valence-corrected chi connectivity index (χ4v) is 4.78. The molecule has 3 rings (SSSR count). The molecule has 2 atom stereocenters. The van der Waals surface area contributed by atoms with Crippen molar-refractivity contribution in [2.75, 3.05) is 26.0 Å². The van der Waals surface area contributed by atoms with Crippen LogP contribution in [0.1, 0.15) is 24.3 Å². The van der Waals surface area contributed by atoms with Gasteiger partial charge in [-0.05, 0) is 24.5 Å². The van der Waals surface area contributed by atoms with Crippen LogP contribution in [0.4, 0.5) is 0 Å². The molecule has 2 heterocycles. The lowest BCUT2D eigenvalue weighted by Gasteiger charge is -2.31. The lowest BCUT2D eigenvalue weighted by molar-refractivity contribution is -0.150. The number of likely N-dealkylation sites (tertiary alicyclic amines) is 1. The summed E-state index contributed by atoms with van der Waals surface area (Å²) in [5, 5.41) is 13.1. The zero-order chi connectivity index (χ0) is 21.0. The number of hydrogen-bond acceptors (Lipinski definition) is 6. The molecule has 0 radical (unpaired) electrons. The van der Waals surface area contributed by atoms with Crippen LogP contribution in [0.25, 0.3) is 0 Å². The number of hydrogen-bond donors (Lipinski definition) is 1. The quantitative estimate of drug-likeness (QED) is 0.565. The number of carbonyl (C=O) groups is 3. The molecule has 0 aromatic heterocycles. The number of nitriles is 1. The van der Waals surface area contributed by atoms with E-state index in [0.29, 0.717) is 10.6 Å². The maximum atomic E-state index is 12.8. The van der Waals surface area contributed by atoms with E-state index in [1.54, 1.807) is 29.2 Å². The summed E-state index contributed by atoms with van der Waals surface area (Å²) in [5.74, 6) is -3.42. The molecule has 2 aliphatic rings. The number of amides is 2. The molecular formula is C20H20ClN3O4S. The van der Waals surface area contributed by atoms with E-state index in [1.165, 1.54) is 7.11 Å². The Labute approximate surface area is 178 Å². The average molecular weight is 434 g/mol. The maximum Gasteiger partial charge on any atom is 0.319 e. The van der Waals surface area contributed by atoms with Crippen molar-refractivity contribution in [3.8, 4) is 6.07 Å². The number of nitrogens with zero attached hydrogens (tertiary/aromatic N) is 2. The number of nitrogens with one attached hydrogen (secondary N) is 1. The summed E-state index contributed by atoms with van der Waals surface area (Å²) in [5.41, 5.74) is 0.673. The largest absolute Gasteiger partial charge is 0.468 e. The Morgan fingerprint density at radius 1 is 1.34 bits per heavy atom. The van der Waals surface area contributed by atoms with Gasteiger partial charge in [0, 0.05) is 24.0 Å². The van der Waals surface area contributed by atoms with E-state index in [9.17, 15) is 19.6 Å². The van der Waals surface area contributed by atoms with Crippen LogP contribution in [0, 0.1) is 17.2 Å². The van der Waals surface area contributed by atoms with Gasteiger partial charge in [-0.25, -0.2) is 0 Å². The van der Waals surface area contributed by atoms with Gasteiger partial charge in [0.2, 0.25) is 11.8 Å². The Kier molecular flexibility index (Phi) is 6.83. The highest BCUT2D eigenvalue weighted by Gasteiger charge is 2.45. The van der Waals surface area contributed by atoms with Crippen LogP contribution in [-0.4, -0.2) is 48.6 Å². The van der Waals surface area contributed by atoms with Crippen LogP contribution in [0.3, 0.4) is 0 Å². The maximum absolute atomic E-state index is 12.8. The van der Waals surface area contributed by atoms with Crippen LogP contribution in [0.2, 0.25) is 5.02 Å². The Morgan fingerprint density at radius 2 is 2.03 bits per heavy atom. The lowest BCUT2D eigenvalue weighted by atomic mass is 9.78. The first-order valence-corrected chi connectivity index (χ1v) is 10.5. The Hall–Kier alpha value is -2.50. The predicted molar refractivity (Wildman–Crippen MR) is 109 cm³/mol. The molecule has 2 aliphatic heterocycles.